The number of anilines is 2. The first kappa shape index (κ1) is 24.9. The molecule has 1 fully saturated rings. The molecule has 7 nitrogen and oxygen atoms in total. The molecule has 0 radical (unpaired) electrons. The first-order valence-corrected chi connectivity index (χ1v) is 13.2. The number of methoxy groups -OCH3 is 1. The Morgan fingerprint density at radius 1 is 1.06 bits per heavy atom. The summed E-state index contributed by atoms with van der Waals surface area (Å²) in [6.07, 6.45) is 0.745. The fourth-order valence-electron chi connectivity index (χ4n) is 4.87. The largest absolute Gasteiger partial charge is 0.383 e. The number of piperazine rings is 1. The third-order valence-corrected chi connectivity index (χ3v) is 7.83. The van der Waals surface area contributed by atoms with Gasteiger partial charge in [-0.2, -0.15) is 4.39 Å². The number of aromatic nitrogens is 1. The Bertz CT molecular complexity index is 1280. The molecule has 5 rings (SSSR count). The molecule has 2 aromatic carbocycles. The number of nitrogens with two attached hydrogens (primary N) is 1. The summed E-state index contributed by atoms with van der Waals surface area (Å²) in [5.41, 5.74) is 11.6. The van der Waals surface area contributed by atoms with Gasteiger partial charge in [0, 0.05) is 72.3 Å². The van der Waals surface area contributed by atoms with Gasteiger partial charge in [-0.1, -0.05) is 12.1 Å². The number of hydrogen-bond acceptors (Lipinski definition) is 6. The summed E-state index contributed by atoms with van der Waals surface area (Å²) in [7, 11) is 1.73. The molecule has 1 amide bonds. The van der Waals surface area contributed by atoms with E-state index in [0.29, 0.717) is 23.2 Å². The predicted molar refractivity (Wildman–Crippen MR) is 149 cm³/mol. The highest BCUT2D eigenvalue weighted by Gasteiger charge is 2.22. The number of pyridine rings is 1. The zero-order valence-corrected chi connectivity index (χ0v) is 22.3. The van der Waals surface area contributed by atoms with Gasteiger partial charge in [0.1, 0.15) is 5.82 Å². The highest BCUT2D eigenvalue weighted by molar-refractivity contribution is 14.1. The summed E-state index contributed by atoms with van der Waals surface area (Å²) in [6.45, 7) is 6.17. The maximum atomic E-state index is 15.0. The Kier molecular flexibility index (Phi) is 7.40. The van der Waals surface area contributed by atoms with Crippen LogP contribution in [0.25, 0.3) is 22.3 Å². The van der Waals surface area contributed by atoms with E-state index in [-0.39, 0.29) is 11.7 Å². The van der Waals surface area contributed by atoms with E-state index in [4.69, 9.17) is 10.5 Å². The summed E-state index contributed by atoms with van der Waals surface area (Å²) in [5.74, 6) is -0.525. The molecule has 3 N–H and O–H groups in total. The lowest BCUT2D eigenvalue weighted by Gasteiger charge is -2.36. The summed E-state index contributed by atoms with van der Waals surface area (Å²) in [5, 5.41) is 2.87. The lowest BCUT2D eigenvalue weighted by atomic mass is 9.94. The average Bonchev–Trinajstić information content (AvgIpc) is 2.89. The van der Waals surface area contributed by atoms with Gasteiger partial charge in [-0.3, -0.25) is 9.69 Å². The van der Waals surface area contributed by atoms with Crippen LogP contribution in [0.1, 0.15) is 15.9 Å². The van der Waals surface area contributed by atoms with E-state index in [1.165, 1.54) is 0 Å². The monoisotopic (exact) mass is 601 g/mol. The van der Waals surface area contributed by atoms with Crippen LogP contribution < -0.4 is 16.0 Å². The second kappa shape index (κ2) is 10.7. The molecule has 3 heterocycles. The molecule has 0 bridgehead atoms. The number of benzene rings is 2. The van der Waals surface area contributed by atoms with Gasteiger partial charge in [-0.05, 0) is 76.0 Å². The van der Waals surface area contributed by atoms with E-state index in [0.717, 1.165) is 71.7 Å². The Balaban J connectivity index is 1.40. The molecule has 3 aromatic rings. The number of halogens is 2. The number of nitrogen functional groups attached to an aromatic ring is 1. The quantitative estimate of drug-likeness (QED) is 0.331. The van der Waals surface area contributed by atoms with Crippen molar-refractivity contribution in [3.05, 3.63) is 63.1 Å². The number of nitrogens with one attached hydrogen (secondary N) is 1. The van der Waals surface area contributed by atoms with Gasteiger partial charge in [0.05, 0.1) is 6.61 Å². The summed E-state index contributed by atoms with van der Waals surface area (Å²) >= 11 is 2.20. The van der Waals surface area contributed by atoms with Crippen LogP contribution in [0.15, 0.2) is 42.5 Å². The van der Waals surface area contributed by atoms with E-state index >= 15 is 0 Å². The summed E-state index contributed by atoms with van der Waals surface area (Å²) < 4.78 is 21.0. The molecule has 0 aliphatic carbocycles. The van der Waals surface area contributed by atoms with Crippen molar-refractivity contribution < 1.29 is 13.9 Å². The van der Waals surface area contributed by atoms with Crippen molar-refractivity contribution in [2.75, 3.05) is 63.6 Å². The molecule has 0 unspecified atom stereocenters. The molecule has 9 heteroatoms. The molecule has 0 atom stereocenters. The number of rotatable bonds is 6. The summed E-state index contributed by atoms with van der Waals surface area (Å²) in [4.78, 5) is 21.0. The van der Waals surface area contributed by atoms with Crippen LogP contribution in [-0.4, -0.2) is 68.8 Å². The highest BCUT2D eigenvalue weighted by atomic mass is 127. The van der Waals surface area contributed by atoms with Gasteiger partial charge in [0.15, 0.2) is 0 Å². The van der Waals surface area contributed by atoms with Gasteiger partial charge in [-0.25, -0.2) is 4.98 Å². The fraction of sp³-hybridized carbons (Fsp3) is 0.333. The van der Waals surface area contributed by atoms with Gasteiger partial charge in [-0.15, -0.1) is 0 Å². The molecule has 1 saturated heterocycles. The average molecular weight is 601 g/mol. The van der Waals surface area contributed by atoms with Crippen LogP contribution in [0, 0.1) is 9.52 Å². The smallest absolute Gasteiger partial charge is 0.251 e. The maximum Gasteiger partial charge on any atom is 0.251 e. The molecule has 2 aliphatic heterocycles. The fourth-order valence-corrected chi connectivity index (χ4v) is 5.63. The van der Waals surface area contributed by atoms with E-state index in [9.17, 15) is 9.18 Å². The molecular formula is C27H29FIN5O2. The molecule has 0 spiro atoms. The molecule has 36 heavy (non-hydrogen) atoms. The second-order valence-corrected chi connectivity index (χ2v) is 10.3. The minimum Gasteiger partial charge on any atom is -0.383 e. The Morgan fingerprint density at radius 2 is 1.81 bits per heavy atom. The zero-order chi connectivity index (χ0) is 25.2. The minimum atomic E-state index is -0.594. The Morgan fingerprint density at radius 3 is 2.53 bits per heavy atom. The molecular weight excluding hydrogens is 572 g/mol. The number of amides is 1. The van der Waals surface area contributed by atoms with Crippen molar-refractivity contribution in [3.8, 4) is 22.3 Å². The van der Waals surface area contributed by atoms with Crippen molar-refractivity contribution in [2.24, 2.45) is 0 Å². The van der Waals surface area contributed by atoms with Gasteiger partial charge < -0.3 is 20.7 Å². The van der Waals surface area contributed by atoms with Crippen LogP contribution in [-0.2, 0) is 11.2 Å². The van der Waals surface area contributed by atoms with Crippen LogP contribution in [0.2, 0.25) is 0 Å². The molecule has 1 aromatic heterocycles. The topological polar surface area (TPSA) is 83.7 Å². The van der Waals surface area contributed by atoms with E-state index in [1.807, 2.05) is 36.4 Å². The Labute approximate surface area is 224 Å². The number of fused-ring (bicyclic) bond motifs is 1. The molecule has 0 saturated carbocycles. The van der Waals surface area contributed by atoms with Crippen LogP contribution in [0.3, 0.4) is 0 Å². The van der Waals surface area contributed by atoms with Crippen molar-refractivity contribution in [1.82, 2.24) is 15.2 Å². The maximum absolute atomic E-state index is 15.0. The lowest BCUT2D eigenvalue weighted by molar-refractivity contribution is 0.0946. The number of carbonyl (C=O) groups excluding carboxylic acids is 1. The van der Waals surface area contributed by atoms with E-state index in [2.05, 4.69) is 42.7 Å². The third kappa shape index (κ3) is 5.05. The van der Waals surface area contributed by atoms with Crippen LogP contribution in [0.5, 0.6) is 0 Å². The standard InChI is InChI=1S/C27H29FIN5O2/c1-36-13-12-33-8-10-34(11-9-33)19-4-2-17(3-5-19)20-15-23(26(30)32-25(20)28)22-14-18-6-7-31-27(35)21(18)16-24(22)29/h2-5,14-16H,6-13H2,1H3,(H2,30,32)(H,31,35). The molecule has 188 valence electrons. The van der Waals surface area contributed by atoms with Crippen LogP contribution >= 0.6 is 22.6 Å². The second-order valence-electron chi connectivity index (χ2n) is 9.12. The Hall–Kier alpha value is -2.76. The number of hydrogen-bond donors (Lipinski definition) is 2. The van der Waals surface area contributed by atoms with Gasteiger partial charge in [0.25, 0.3) is 5.91 Å². The first-order chi connectivity index (χ1) is 17.4. The minimum absolute atomic E-state index is 0.0666. The number of nitrogens with zero attached hydrogens (tertiary/aromatic N) is 3. The van der Waals surface area contributed by atoms with Crippen LogP contribution in [0.4, 0.5) is 15.9 Å². The normalized spacial score (nSPS) is 16.1. The van der Waals surface area contributed by atoms with Gasteiger partial charge >= 0.3 is 0 Å². The van der Waals surface area contributed by atoms with Gasteiger partial charge in [0.2, 0.25) is 5.95 Å². The van der Waals surface area contributed by atoms with E-state index in [1.54, 1.807) is 13.2 Å². The summed E-state index contributed by atoms with van der Waals surface area (Å²) in [6, 6.07) is 13.6. The SMILES string of the molecule is COCCN1CCN(c2ccc(-c3cc(-c4cc5c(cc4I)C(=O)NCC5)c(N)nc3F)cc2)CC1. The van der Waals surface area contributed by atoms with Crippen molar-refractivity contribution >= 4 is 40.0 Å². The van der Waals surface area contributed by atoms with Crippen molar-refractivity contribution in [2.45, 2.75) is 6.42 Å². The highest BCUT2D eigenvalue weighted by Crippen LogP contribution is 2.36. The first-order valence-electron chi connectivity index (χ1n) is 12.1. The third-order valence-electron chi connectivity index (χ3n) is 6.94. The molecule has 2 aliphatic rings. The number of ether oxygens (including phenoxy) is 1. The van der Waals surface area contributed by atoms with Crippen molar-refractivity contribution in [3.63, 3.8) is 0 Å². The number of carbonyl (C=O) groups is 1. The zero-order valence-electron chi connectivity index (χ0n) is 20.2. The predicted octanol–water partition coefficient (Wildman–Crippen LogP) is 3.80. The van der Waals surface area contributed by atoms with Crippen molar-refractivity contribution in [1.29, 1.82) is 0 Å². The van der Waals surface area contributed by atoms with E-state index < -0.39 is 5.95 Å². The lowest BCUT2D eigenvalue weighted by Crippen LogP contribution is -2.47.